The number of rotatable bonds is 4. The number of nitrogens with zero attached hydrogens (tertiary/aromatic N) is 2. The maximum Gasteiger partial charge on any atom is 0.148 e. The van der Waals surface area contributed by atoms with E-state index in [-0.39, 0.29) is 0 Å². The van der Waals surface area contributed by atoms with Gasteiger partial charge in [0.1, 0.15) is 11.6 Å². The van der Waals surface area contributed by atoms with Crippen molar-refractivity contribution in [2.45, 2.75) is 13.3 Å². The standard InChI is InChI=1S/C14H17N3O/c1-4-10-5-7-13(18-3)11(9-10)12-6-8-14(15-2)17-16-12/h5-9H,4H2,1-3H3,(H,15,17). The lowest BCUT2D eigenvalue weighted by atomic mass is 10.0. The van der Waals surface area contributed by atoms with Gasteiger partial charge in [-0.1, -0.05) is 13.0 Å². The van der Waals surface area contributed by atoms with Crippen LogP contribution in [0.15, 0.2) is 30.3 Å². The molecule has 1 aromatic carbocycles. The molecule has 0 fully saturated rings. The van der Waals surface area contributed by atoms with Crippen LogP contribution in [-0.4, -0.2) is 24.4 Å². The number of benzene rings is 1. The Kier molecular flexibility index (Phi) is 3.77. The summed E-state index contributed by atoms with van der Waals surface area (Å²) in [7, 11) is 3.49. The zero-order valence-electron chi connectivity index (χ0n) is 10.9. The summed E-state index contributed by atoms with van der Waals surface area (Å²) in [5, 5.41) is 11.3. The Balaban J connectivity index is 2.46. The normalized spacial score (nSPS) is 10.2. The van der Waals surface area contributed by atoms with Gasteiger partial charge < -0.3 is 10.1 Å². The first-order valence-electron chi connectivity index (χ1n) is 5.97. The second-order valence-corrected chi connectivity index (χ2v) is 3.94. The number of nitrogens with one attached hydrogen (secondary N) is 1. The molecule has 0 atom stereocenters. The summed E-state index contributed by atoms with van der Waals surface area (Å²) in [6.45, 7) is 2.13. The fourth-order valence-electron chi connectivity index (χ4n) is 1.78. The Morgan fingerprint density at radius 3 is 2.56 bits per heavy atom. The van der Waals surface area contributed by atoms with Gasteiger partial charge in [0.2, 0.25) is 0 Å². The van der Waals surface area contributed by atoms with E-state index >= 15 is 0 Å². The number of hydrogen-bond donors (Lipinski definition) is 1. The molecule has 2 aromatic rings. The molecule has 0 bridgehead atoms. The first-order chi connectivity index (χ1) is 8.78. The molecule has 1 aromatic heterocycles. The second-order valence-electron chi connectivity index (χ2n) is 3.94. The topological polar surface area (TPSA) is 47.0 Å². The molecule has 2 rings (SSSR count). The molecule has 0 saturated carbocycles. The van der Waals surface area contributed by atoms with Gasteiger partial charge >= 0.3 is 0 Å². The number of aromatic nitrogens is 2. The summed E-state index contributed by atoms with van der Waals surface area (Å²) in [5.74, 6) is 1.57. The predicted molar refractivity (Wildman–Crippen MR) is 72.9 cm³/mol. The molecule has 4 nitrogen and oxygen atoms in total. The molecule has 94 valence electrons. The van der Waals surface area contributed by atoms with Crippen LogP contribution in [0.4, 0.5) is 5.82 Å². The van der Waals surface area contributed by atoms with E-state index in [9.17, 15) is 0 Å². The summed E-state index contributed by atoms with van der Waals surface area (Å²) < 4.78 is 5.37. The van der Waals surface area contributed by atoms with Crippen molar-refractivity contribution in [1.82, 2.24) is 10.2 Å². The van der Waals surface area contributed by atoms with E-state index in [1.165, 1.54) is 5.56 Å². The third-order valence-electron chi connectivity index (χ3n) is 2.87. The fourth-order valence-corrected chi connectivity index (χ4v) is 1.78. The maximum absolute atomic E-state index is 5.37. The molecule has 0 amide bonds. The van der Waals surface area contributed by atoms with E-state index in [0.717, 1.165) is 29.2 Å². The molecule has 0 radical (unpaired) electrons. The minimum Gasteiger partial charge on any atom is -0.496 e. The third-order valence-corrected chi connectivity index (χ3v) is 2.87. The lowest BCUT2D eigenvalue weighted by Crippen LogP contribution is -1.97. The number of aryl methyl sites for hydroxylation is 1. The van der Waals surface area contributed by atoms with Gasteiger partial charge in [-0.15, -0.1) is 10.2 Å². The van der Waals surface area contributed by atoms with Crippen molar-refractivity contribution in [2.75, 3.05) is 19.5 Å². The highest BCUT2D eigenvalue weighted by Crippen LogP contribution is 2.29. The van der Waals surface area contributed by atoms with E-state index in [1.807, 2.05) is 25.2 Å². The molecule has 0 spiro atoms. The van der Waals surface area contributed by atoms with Gasteiger partial charge in [0, 0.05) is 12.6 Å². The molecule has 0 unspecified atom stereocenters. The highest BCUT2D eigenvalue weighted by Gasteiger charge is 2.08. The van der Waals surface area contributed by atoms with Gasteiger partial charge in [-0.3, -0.25) is 0 Å². The van der Waals surface area contributed by atoms with E-state index in [0.29, 0.717) is 0 Å². The van der Waals surface area contributed by atoms with Crippen LogP contribution in [-0.2, 0) is 6.42 Å². The zero-order chi connectivity index (χ0) is 13.0. The molecule has 18 heavy (non-hydrogen) atoms. The predicted octanol–water partition coefficient (Wildman–Crippen LogP) is 2.76. The highest BCUT2D eigenvalue weighted by atomic mass is 16.5. The van der Waals surface area contributed by atoms with Crippen LogP contribution in [0.5, 0.6) is 5.75 Å². The summed E-state index contributed by atoms with van der Waals surface area (Å²) >= 11 is 0. The van der Waals surface area contributed by atoms with E-state index in [2.05, 4.69) is 34.6 Å². The maximum atomic E-state index is 5.37. The van der Waals surface area contributed by atoms with Gasteiger partial charge in [-0.2, -0.15) is 0 Å². The van der Waals surface area contributed by atoms with Crippen LogP contribution in [0.25, 0.3) is 11.3 Å². The lowest BCUT2D eigenvalue weighted by Gasteiger charge is -2.09. The summed E-state index contributed by atoms with van der Waals surface area (Å²) in [6, 6.07) is 9.98. The van der Waals surface area contributed by atoms with Crippen molar-refractivity contribution in [1.29, 1.82) is 0 Å². The van der Waals surface area contributed by atoms with Crippen LogP contribution < -0.4 is 10.1 Å². The average molecular weight is 243 g/mol. The molecule has 0 aliphatic carbocycles. The Hall–Kier alpha value is -2.10. The van der Waals surface area contributed by atoms with Crippen molar-refractivity contribution in [3.05, 3.63) is 35.9 Å². The van der Waals surface area contributed by atoms with Gasteiger partial charge in [0.25, 0.3) is 0 Å². The Morgan fingerprint density at radius 2 is 2.00 bits per heavy atom. The second kappa shape index (κ2) is 5.49. The molecular weight excluding hydrogens is 226 g/mol. The van der Waals surface area contributed by atoms with Crippen LogP contribution in [0, 0.1) is 0 Å². The van der Waals surface area contributed by atoms with Gasteiger partial charge in [-0.25, -0.2) is 0 Å². The van der Waals surface area contributed by atoms with Crippen molar-refractivity contribution in [3.63, 3.8) is 0 Å². The highest BCUT2D eigenvalue weighted by molar-refractivity contribution is 5.68. The van der Waals surface area contributed by atoms with Crippen molar-refractivity contribution >= 4 is 5.82 Å². The average Bonchev–Trinajstić information content (AvgIpc) is 2.46. The Bertz CT molecular complexity index is 523. The van der Waals surface area contributed by atoms with E-state index in [1.54, 1.807) is 7.11 Å². The largest absolute Gasteiger partial charge is 0.496 e. The summed E-state index contributed by atoms with van der Waals surface area (Å²) in [4.78, 5) is 0. The third kappa shape index (κ3) is 2.42. The summed E-state index contributed by atoms with van der Waals surface area (Å²) in [6.07, 6.45) is 0.985. The van der Waals surface area contributed by atoms with E-state index in [4.69, 9.17) is 4.74 Å². The smallest absolute Gasteiger partial charge is 0.148 e. The molecule has 0 saturated heterocycles. The monoisotopic (exact) mass is 243 g/mol. The van der Waals surface area contributed by atoms with Crippen LogP contribution in [0.1, 0.15) is 12.5 Å². The fraction of sp³-hybridized carbons (Fsp3) is 0.286. The number of methoxy groups -OCH3 is 1. The summed E-state index contributed by atoms with van der Waals surface area (Å²) in [5.41, 5.74) is 3.05. The quantitative estimate of drug-likeness (QED) is 0.897. The van der Waals surface area contributed by atoms with E-state index < -0.39 is 0 Å². The van der Waals surface area contributed by atoms with Gasteiger partial charge in [0.15, 0.2) is 0 Å². The van der Waals surface area contributed by atoms with Crippen molar-refractivity contribution in [3.8, 4) is 17.0 Å². The molecule has 0 aliphatic rings. The number of hydrogen-bond acceptors (Lipinski definition) is 4. The first-order valence-corrected chi connectivity index (χ1v) is 5.97. The van der Waals surface area contributed by atoms with Gasteiger partial charge in [0.05, 0.1) is 12.8 Å². The van der Waals surface area contributed by atoms with Crippen LogP contribution in [0.3, 0.4) is 0 Å². The van der Waals surface area contributed by atoms with Crippen LogP contribution >= 0.6 is 0 Å². The number of ether oxygens (including phenoxy) is 1. The molecule has 1 heterocycles. The first kappa shape index (κ1) is 12.4. The molecular formula is C14H17N3O. The Morgan fingerprint density at radius 1 is 1.17 bits per heavy atom. The minimum atomic E-state index is 0.754. The zero-order valence-corrected chi connectivity index (χ0v) is 10.9. The number of anilines is 1. The molecule has 4 heteroatoms. The molecule has 0 aliphatic heterocycles. The Labute approximate surface area is 107 Å². The minimum absolute atomic E-state index is 0.754. The molecule has 1 N–H and O–H groups in total. The lowest BCUT2D eigenvalue weighted by molar-refractivity contribution is 0.416. The van der Waals surface area contributed by atoms with Crippen molar-refractivity contribution in [2.24, 2.45) is 0 Å². The van der Waals surface area contributed by atoms with Gasteiger partial charge in [-0.05, 0) is 36.2 Å². The van der Waals surface area contributed by atoms with Crippen LogP contribution in [0.2, 0.25) is 0 Å². The SMILES string of the molecule is CCc1ccc(OC)c(-c2ccc(NC)nn2)c1. The van der Waals surface area contributed by atoms with Crippen molar-refractivity contribution < 1.29 is 4.74 Å².